The van der Waals surface area contributed by atoms with Gasteiger partial charge in [-0.05, 0) is 32.6 Å². The molecule has 150 valence electrons. The first kappa shape index (κ1) is 23.6. The molecule has 1 fully saturated rings. The average molecular weight is 496 g/mol. The first-order valence-electron chi connectivity index (χ1n) is 9.16. The van der Waals surface area contributed by atoms with Gasteiger partial charge in [0.1, 0.15) is 0 Å². The molecule has 0 bridgehead atoms. The van der Waals surface area contributed by atoms with Gasteiger partial charge in [-0.25, -0.2) is 4.98 Å². The second-order valence-electron chi connectivity index (χ2n) is 6.48. The van der Waals surface area contributed by atoms with Crippen molar-refractivity contribution in [1.82, 2.24) is 15.2 Å². The van der Waals surface area contributed by atoms with E-state index in [1.165, 1.54) is 5.01 Å². The smallest absolute Gasteiger partial charge is 0.193 e. The van der Waals surface area contributed by atoms with Crippen LogP contribution in [0.4, 0.5) is 0 Å². The number of guanidine groups is 1. The van der Waals surface area contributed by atoms with Crippen molar-refractivity contribution >= 4 is 41.3 Å². The van der Waals surface area contributed by atoms with E-state index in [0.29, 0.717) is 19.1 Å². The summed E-state index contributed by atoms with van der Waals surface area (Å²) in [5, 5.41) is 6.87. The number of aryl methyl sites for hydroxylation is 2. The summed E-state index contributed by atoms with van der Waals surface area (Å²) >= 11 is 1.77. The molecule has 0 saturated carbocycles. The standard InChI is InChI=1S/C18H32N4O2S.HI/c1-15-14-25-17(21-15)6-4-5-8-20-18(19-2)22-9-7-16(12-22)13-24-11-10-23-3;/h14,16H,4-13H2,1-3H3,(H,19,20);1H. The monoisotopic (exact) mass is 496 g/mol. The molecule has 0 spiro atoms. The molecule has 1 N–H and O–H groups in total. The molecule has 2 rings (SSSR count). The molecule has 1 unspecified atom stereocenters. The van der Waals surface area contributed by atoms with Crippen LogP contribution in [0.5, 0.6) is 0 Å². The molecule has 0 aliphatic carbocycles. The fourth-order valence-electron chi connectivity index (χ4n) is 3.00. The molecular formula is C18H33IN4O2S. The van der Waals surface area contributed by atoms with E-state index in [1.807, 2.05) is 7.05 Å². The van der Waals surface area contributed by atoms with Crippen LogP contribution in [0, 0.1) is 12.8 Å². The van der Waals surface area contributed by atoms with Crippen LogP contribution >= 0.6 is 35.3 Å². The predicted octanol–water partition coefficient (Wildman–Crippen LogP) is 2.95. The van der Waals surface area contributed by atoms with Gasteiger partial charge in [-0.3, -0.25) is 4.99 Å². The van der Waals surface area contributed by atoms with E-state index >= 15 is 0 Å². The van der Waals surface area contributed by atoms with Crippen LogP contribution in [0.25, 0.3) is 0 Å². The summed E-state index contributed by atoms with van der Waals surface area (Å²) in [6.07, 6.45) is 4.53. The number of halogens is 1. The molecule has 0 aromatic carbocycles. The maximum atomic E-state index is 5.66. The van der Waals surface area contributed by atoms with Crippen LogP contribution in [0.15, 0.2) is 10.4 Å². The van der Waals surface area contributed by atoms with Crippen LogP contribution < -0.4 is 5.32 Å². The molecule has 8 heteroatoms. The van der Waals surface area contributed by atoms with Gasteiger partial charge in [-0.2, -0.15) is 0 Å². The minimum absolute atomic E-state index is 0. The number of nitrogens with zero attached hydrogens (tertiary/aromatic N) is 3. The maximum absolute atomic E-state index is 5.66. The quantitative estimate of drug-likeness (QED) is 0.234. The van der Waals surface area contributed by atoms with Crippen LogP contribution in [-0.4, -0.2) is 69.5 Å². The number of aromatic nitrogens is 1. The Morgan fingerprint density at radius 1 is 1.42 bits per heavy atom. The first-order valence-corrected chi connectivity index (χ1v) is 10.0. The van der Waals surface area contributed by atoms with Gasteiger partial charge in [0.15, 0.2) is 5.96 Å². The molecule has 1 aromatic rings. The van der Waals surface area contributed by atoms with Gasteiger partial charge in [0.2, 0.25) is 0 Å². The SMILES string of the molecule is CN=C(NCCCCc1nc(C)cs1)N1CCC(COCCOC)C1.I. The van der Waals surface area contributed by atoms with E-state index in [9.17, 15) is 0 Å². The zero-order valence-corrected chi connectivity index (χ0v) is 19.3. The number of methoxy groups -OCH3 is 1. The van der Waals surface area contributed by atoms with Gasteiger partial charge in [-0.1, -0.05) is 0 Å². The highest BCUT2D eigenvalue weighted by atomic mass is 127. The highest BCUT2D eigenvalue weighted by Gasteiger charge is 2.24. The molecule has 1 aliphatic rings. The lowest BCUT2D eigenvalue weighted by molar-refractivity contribution is 0.0536. The molecular weight excluding hydrogens is 463 g/mol. The van der Waals surface area contributed by atoms with Crippen molar-refractivity contribution < 1.29 is 9.47 Å². The highest BCUT2D eigenvalue weighted by molar-refractivity contribution is 14.0. The van der Waals surface area contributed by atoms with E-state index in [0.717, 1.165) is 63.6 Å². The van der Waals surface area contributed by atoms with Crippen molar-refractivity contribution in [1.29, 1.82) is 0 Å². The van der Waals surface area contributed by atoms with Gasteiger partial charge in [-0.15, -0.1) is 35.3 Å². The molecule has 1 aromatic heterocycles. The zero-order valence-electron chi connectivity index (χ0n) is 16.2. The van der Waals surface area contributed by atoms with Crippen molar-refractivity contribution in [3.8, 4) is 0 Å². The predicted molar refractivity (Wildman–Crippen MR) is 119 cm³/mol. The van der Waals surface area contributed by atoms with Gasteiger partial charge in [0.25, 0.3) is 0 Å². The summed E-state index contributed by atoms with van der Waals surface area (Å²) in [4.78, 5) is 11.3. The van der Waals surface area contributed by atoms with E-state index in [-0.39, 0.29) is 24.0 Å². The highest BCUT2D eigenvalue weighted by Crippen LogP contribution is 2.16. The Balaban J connectivity index is 0.00000338. The number of ether oxygens (including phenoxy) is 2. The van der Waals surface area contributed by atoms with Crippen LogP contribution in [0.3, 0.4) is 0 Å². The molecule has 26 heavy (non-hydrogen) atoms. The fourth-order valence-corrected chi connectivity index (χ4v) is 3.82. The topological polar surface area (TPSA) is 59.0 Å². The first-order chi connectivity index (χ1) is 12.2. The van der Waals surface area contributed by atoms with Crippen molar-refractivity contribution in [2.45, 2.75) is 32.6 Å². The number of likely N-dealkylation sites (tertiary alicyclic amines) is 1. The summed E-state index contributed by atoms with van der Waals surface area (Å²) in [6.45, 7) is 7.24. The van der Waals surface area contributed by atoms with Gasteiger partial charge in [0, 0.05) is 50.8 Å². The maximum Gasteiger partial charge on any atom is 0.193 e. The van der Waals surface area contributed by atoms with Gasteiger partial charge < -0.3 is 19.7 Å². The third-order valence-corrected chi connectivity index (χ3v) is 5.38. The largest absolute Gasteiger partial charge is 0.382 e. The number of rotatable bonds is 10. The Bertz CT molecular complexity index is 527. The number of hydrogen-bond donors (Lipinski definition) is 1. The van der Waals surface area contributed by atoms with Crippen molar-refractivity contribution in [2.75, 3.05) is 53.6 Å². The Labute approximate surface area is 178 Å². The van der Waals surface area contributed by atoms with Crippen LogP contribution in [0.2, 0.25) is 0 Å². The summed E-state index contributed by atoms with van der Waals surface area (Å²) in [7, 11) is 3.57. The molecule has 6 nitrogen and oxygen atoms in total. The second kappa shape index (κ2) is 13.7. The van der Waals surface area contributed by atoms with Gasteiger partial charge >= 0.3 is 0 Å². The molecule has 1 atom stereocenters. The minimum Gasteiger partial charge on any atom is -0.382 e. The van der Waals surface area contributed by atoms with E-state index in [1.54, 1.807) is 18.4 Å². The summed E-state index contributed by atoms with van der Waals surface area (Å²) < 4.78 is 10.7. The third-order valence-electron chi connectivity index (χ3n) is 4.35. The minimum atomic E-state index is 0. The number of thiazole rings is 1. The second-order valence-corrected chi connectivity index (χ2v) is 7.42. The number of hydrogen-bond acceptors (Lipinski definition) is 5. The number of unbranched alkanes of at least 4 members (excludes halogenated alkanes) is 1. The number of aliphatic imine (C=N–C) groups is 1. The Morgan fingerprint density at radius 3 is 2.96 bits per heavy atom. The Hall–Kier alpha value is -0.450. The lowest BCUT2D eigenvalue weighted by Gasteiger charge is -2.21. The summed E-state index contributed by atoms with van der Waals surface area (Å²) in [5.74, 6) is 1.60. The molecule has 1 saturated heterocycles. The lowest BCUT2D eigenvalue weighted by atomic mass is 10.1. The molecule has 0 amide bonds. The Morgan fingerprint density at radius 2 is 2.27 bits per heavy atom. The van der Waals surface area contributed by atoms with Gasteiger partial charge in [0.05, 0.1) is 24.8 Å². The normalized spacial score (nSPS) is 17.4. The van der Waals surface area contributed by atoms with Crippen LogP contribution in [0.1, 0.15) is 30.0 Å². The third kappa shape index (κ3) is 8.49. The van der Waals surface area contributed by atoms with E-state index in [4.69, 9.17) is 9.47 Å². The molecule has 1 aliphatic heterocycles. The Kier molecular flexibility index (Phi) is 12.4. The fraction of sp³-hybridized carbons (Fsp3) is 0.778. The van der Waals surface area contributed by atoms with Crippen LogP contribution in [-0.2, 0) is 15.9 Å². The van der Waals surface area contributed by atoms with E-state index in [2.05, 4.69) is 32.5 Å². The molecule has 0 radical (unpaired) electrons. The van der Waals surface area contributed by atoms with E-state index < -0.39 is 0 Å². The number of nitrogens with one attached hydrogen (secondary N) is 1. The zero-order chi connectivity index (χ0) is 17.9. The van der Waals surface area contributed by atoms with Crippen molar-refractivity contribution in [3.63, 3.8) is 0 Å². The van der Waals surface area contributed by atoms with Crippen molar-refractivity contribution in [2.24, 2.45) is 10.9 Å². The van der Waals surface area contributed by atoms with Crippen molar-refractivity contribution in [3.05, 3.63) is 16.1 Å². The molecule has 2 heterocycles. The lowest BCUT2D eigenvalue weighted by Crippen LogP contribution is -2.40. The summed E-state index contributed by atoms with van der Waals surface area (Å²) in [5.41, 5.74) is 1.13. The summed E-state index contributed by atoms with van der Waals surface area (Å²) in [6, 6.07) is 0. The average Bonchev–Trinajstić information content (AvgIpc) is 3.24.